The number of allylic oxidation sites excluding steroid dienone is 5. The van der Waals surface area contributed by atoms with Gasteiger partial charge in [-0.15, -0.1) is 0 Å². The average molecular weight is 434 g/mol. The zero-order valence-corrected chi connectivity index (χ0v) is 19.5. The molecule has 4 heteroatoms. The molecule has 0 spiro atoms. The molecule has 2 aliphatic carbocycles. The van der Waals surface area contributed by atoms with Crippen molar-refractivity contribution >= 4 is 11.6 Å². The van der Waals surface area contributed by atoms with Crippen LogP contribution in [0, 0.1) is 11.8 Å². The van der Waals surface area contributed by atoms with E-state index in [0.717, 1.165) is 43.2 Å². The van der Waals surface area contributed by atoms with Crippen molar-refractivity contribution in [2.45, 2.75) is 65.8 Å². The molecule has 2 N–H and O–H groups in total. The van der Waals surface area contributed by atoms with Gasteiger partial charge in [0.05, 0.1) is 11.3 Å². The Kier molecular flexibility index (Phi) is 7.89. The fourth-order valence-electron chi connectivity index (χ4n) is 4.74. The first kappa shape index (κ1) is 23.8. The summed E-state index contributed by atoms with van der Waals surface area (Å²) in [5.41, 5.74) is 4.14. The van der Waals surface area contributed by atoms with Gasteiger partial charge in [0.25, 0.3) is 0 Å². The number of unbranched alkanes of at least 4 members (excludes halogenated alkanes) is 2. The van der Waals surface area contributed by atoms with Crippen molar-refractivity contribution in [3.8, 4) is 0 Å². The van der Waals surface area contributed by atoms with Gasteiger partial charge in [0, 0.05) is 18.0 Å². The number of Topliss-reactive ketones (excluding diaryl/α,β-unsaturated/α-hetero) is 2. The molecule has 3 rings (SSSR count). The first-order valence-corrected chi connectivity index (χ1v) is 11.7. The number of carbonyl (C=O) groups excluding carboxylic acids is 2. The van der Waals surface area contributed by atoms with Crippen molar-refractivity contribution in [2.24, 2.45) is 11.8 Å². The van der Waals surface area contributed by atoms with E-state index >= 15 is 0 Å². The highest BCUT2D eigenvalue weighted by molar-refractivity contribution is 6.24. The first-order chi connectivity index (χ1) is 15.3. The third-order valence-electron chi connectivity index (χ3n) is 6.57. The Morgan fingerprint density at radius 3 is 2.53 bits per heavy atom. The SMILES string of the molecule is C=C(C)[C@@H]1CCC(C)=C[C@H]1C1=C(O)C(=O)C(CCCCC)=C(NCc2ccccc2)C1=O. The molecule has 2 atom stereocenters. The zero-order chi connectivity index (χ0) is 23.3. The largest absolute Gasteiger partial charge is 0.504 e. The summed E-state index contributed by atoms with van der Waals surface area (Å²) in [5, 5.41) is 14.2. The molecule has 0 aliphatic heterocycles. The number of hydrogen-bond acceptors (Lipinski definition) is 4. The molecular formula is C28H35NO3. The van der Waals surface area contributed by atoms with Crippen LogP contribution in [0.25, 0.3) is 0 Å². The molecule has 0 saturated heterocycles. The van der Waals surface area contributed by atoms with Crippen LogP contribution in [-0.2, 0) is 16.1 Å². The molecule has 1 aromatic carbocycles. The summed E-state index contributed by atoms with van der Waals surface area (Å²) in [6, 6.07) is 9.82. The number of nitrogens with one attached hydrogen (secondary N) is 1. The number of carbonyl (C=O) groups is 2. The summed E-state index contributed by atoms with van der Waals surface area (Å²) < 4.78 is 0. The van der Waals surface area contributed by atoms with Crippen molar-refractivity contribution < 1.29 is 14.7 Å². The third kappa shape index (κ3) is 5.12. The lowest BCUT2D eigenvalue weighted by Crippen LogP contribution is -2.36. The predicted octanol–water partition coefficient (Wildman–Crippen LogP) is 6.12. The van der Waals surface area contributed by atoms with E-state index in [4.69, 9.17) is 0 Å². The number of benzene rings is 1. The fraction of sp³-hybridized carbons (Fsp3) is 0.429. The van der Waals surface area contributed by atoms with Crippen LogP contribution >= 0.6 is 0 Å². The predicted molar refractivity (Wildman–Crippen MR) is 129 cm³/mol. The summed E-state index contributed by atoms with van der Waals surface area (Å²) in [7, 11) is 0. The van der Waals surface area contributed by atoms with Crippen LogP contribution in [0.15, 0.2) is 76.7 Å². The van der Waals surface area contributed by atoms with E-state index in [1.165, 1.54) is 5.57 Å². The van der Waals surface area contributed by atoms with E-state index in [1.54, 1.807) is 0 Å². The molecule has 0 unspecified atom stereocenters. The van der Waals surface area contributed by atoms with Crippen LogP contribution in [-0.4, -0.2) is 16.7 Å². The van der Waals surface area contributed by atoms with Crippen molar-refractivity contribution in [3.05, 3.63) is 82.3 Å². The Morgan fingerprint density at radius 2 is 1.88 bits per heavy atom. The normalized spacial score (nSPS) is 21.7. The van der Waals surface area contributed by atoms with E-state index in [2.05, 4.69) is 18.8 Å². The van der Waals surface area contributed by atoms with E-state index in [0.29, 0.717) is 24.2 Å². The first-order valence-electron chi connectivity index (χ1n) is 11.7. The second-order valence-corrected chi connectivity index (χ2v) is 9.10. The summed E-state index contributed by atoms with van der Waals surface area (Å²) >= 11 is 0. The molecule has 0 radical (unpaired) electrons. The minimum atomic E-state index is -0.414. The van der Waals surface area contributed by atoms with Gasteiger partial charge in [-0.3, -0.25) is 9.59 Å². The highest BCUT2D eigenvalue weighted by Gasteiger charge is 2.40. The molecule has 0 heterocycles. The van der Waals surface area contributed by atoms with Crippen molar-refractivity contribution in [1.82, 2.24) is 5.32 Å². The third-order valence-corrected chi connectivity index (χ3v) is 6.57. The van der Waals surface area contributed by atoms with Crippen molar-refractivity contribution in [2.75, 3.05) is 0 Å². The minimum absolute atomic E-state index is 0.0321. The van der Waals surface area contributed by atoms with Crippen LogP contribution in [0.4, 0.5) is 0 Å². The molecule has 2 aliphatic rings. The van der Waals surface area contributed by atoms with Gasteiger partial charge in [-0.25, -0.2) is 0 Å². The highest BCUT2D eigenvalue weighted by Crippen LogP contribution is 2.41. The topological polar surface area (TPSA) is 66.4 Å². The van der Waals surface area contributed by atoms with Crippen molar-refractivity contribution in [3.63, 3.8) is 0 Å². The van der Waals surface area contributed by atoms with Crippen LogP contribution in [0.3, 0.4) is 0 Å². The molecule has 0 fully saturated rings. The monoisotopic (exact) mass is 433 g/mol. The Balaban J connectivity index is 2.00. The van der Waals surface area contributed by atoms with E-state index < -0.39 is 5.78 Å². The summed E-state index contributed by atoms with van der Waals surface area (Å²) in [6.45, 7) is 10.7. The number of aliphatic hydroxyl groups is 1. The smallest absolute Gasteiger partial charge is 0.225 e. The van der Waals surface area contributed by atoms with Gasteiger partial charge in [-0.05, 0) is 51.0 Å². The average Bonchev–Trinajstić information content (AvgIpc) is 2.77. The molecule has 0 saturated carbocycles. The van der Waals surface area contributed by atoms with Gasteiger partial charge in [-0.2, -0.15) is 0 Å². The molecule has 0 amide bonds. The lowest BCUT2D eigenvalue weighted by molar-refractivity contribution is -0.119. The van der Waals surface area contributed by atoms with E-state index in [-0.39, 0.29) is 29.0 Å². The summed E-state index contributed by atoms with van der Waals surface area (Å²) in [4.78, 5) is 27.1. The number of ketones is 2. The van der Waals surface area contributed by atoms with Crippen molar-refractivity contribution in [1.29, 1.82) is 0 Å². The van der Waals surface area contributed by atoms with Crippen LogP contribution in [0.5, 0.6) is 0 Å². The second-order valence-electron chi connectivity index (χ2n) is 9.10. The second kappa shape index (κ2) is 10.6. The van der Waals surface area contributed by atoms with Gasteiger partial charge < -0.3 is 10.4 Å². The zero-order valence-electron chi connectivity index (χ0n) is 19.5. The Hall–Kier alpha value is -2.88. The van der Waals surface area contributed by atoms with Gasteiger partial charge in [0.1, 0.15) is 0 Å². The Bertz CT molecular complexity index is 981. The molecule has 4 nitrogen and oxygen atoms in total. The van der Waals surface area contributed by atoms with Gasteiger partial charge >= 0.3 is 0 Å². The number of rotatable bonds is 9. The van der Waals surface area contributed by atoms with Gasteiger partial charge in [0.2, 0.25) is 11.6 Å². The summed E-state index contributed by atoms with van der Waals surface area (Å²) in [6.07, 6.45) is 7.10. The minimum Gasteiger partial charge on any atom is -0.504 e. The molecule has 32 heavy (non-hydrogen) atoms. The molecule has 1 aromatic rings. The van der Waals surface area contributed by atoms with E-state index in [1.807, 2.05) is 50.3 Å². The van der Waals surface area contributed by atoms with Crippen LogP contribution < -0.4 is 5.32 Å². The number of hydrogen-bond donors (Lipinski definition) is 2. The summed E-state index contributed by atoms with van der Waals surface area (Å²) in [5.74, 6) is -1.35. The van der Waals surface area contributed by atoms with Gasteiger partial charge in [0.15, 0.2) is 5.76 Å². The van der Waals surface area contributed by atoms with Crippen LogP contribution in [0.1, 0.15) is 64.9 Å². The van der Waals surface area contributed by atoms with E-state index in [9.17, 15) is 14.7 Å². The number of aliphatic hydroxyl groups excluding tert-OH is 1. The Labute approximate surface area is 191 Å². The molecular weight excluding hydrogens is 398 g/mol. The maximum Gasteiger partial charge on any atom is 0.225 e. The molecule has 170 valence electrons. The van der Waals surface area contributed by atoms with Gasteiger partial charge in [-0.1, -0.05) is 73.9 Å². The maximum atomic E-state index is 13.8. The lowest BCUT2D eigenvalue weighted by Gasteiger charge is -2.34. The standard InChI is InChI=1S/C28H35NO3/c1-5-6-8-13-22-25(29-17-20-11-9-7-10-12-20)27(31)24(28(32)26(22)30)23-16-19(4)14-15-21(23)18(2)3/h7,9-12,16,21,23,29,32H,2,5-6,8,13-15,17H2,1,3-4H3/t21-,23+/m0/s1. The molecule has 0 bridgehead atoms. The maximum absolute atomic E-state index is 13.8. The molecule has 0 aromatic heterocycles. The fourth-order valence-corrected chi connectivity index (χ4v) is 4.74. The highest BCUT2D eigenvalue weighted by atomic mass is 16.3. The van der Waals surface area contributed by atoms with Crippen LogP contribution in [0.2, 0.25) is 0 Å². The Morgan fingerprint density at radius 1 is 1.16 bits per heavy atom. The lowest BCUT2D eigenvalue weighted by atomic mass is 9.70. The quantitative estimate of drug-likeness (QED) is 0.280.